The van der Waals surface area contributed by atoms with Crippen LogP contribution in [-0.2, 0) is 14.3 Å². The fourth-order valence-electron chi connectivity index (χ4n) is 1.40. The fraction of sp³-hybridized carbons (Fsp3) is 0.333. The number of likely N-dealkylation sites (N-methyl/N-ethyl adjacent to an activating group) is 1. The zero-order valence-corrected chi connectivity index (χ0v) is 9.84. The minimum atomic E-state index is -1.09. The average Bonchev–Trinajstić information content (AvgIpc) is 2.28. The molecular weight excluding hydrogens is 222 g/mol. The first-order valence-electron chi connectivity index (χ1n) is 5.14. The molecular formula is C12H15NO4. The molecule has 0 radical (unpaired) electrons. The fourth-order valence-corrected chi connectivity index (χ4v) is 1.40. The molecule has 0 aliphatic carbocycles. The van der Waals surface area contributed by atoms with Crippen LogP contribution >= 0.6 is 0 Å². The van der Waals surface area contributed by atoms with Gasteiger partial charge in [-0.25, -0.2) is 4.79 Å². The molecule has 1 rings (SSSR count). The first-order valence-corrected chi connectivity index (χ1v) is 5.14. The SMILES string of the molecule is Cc1ccccc1N(C)C(=O)COCC(=O)O. The molecule has 0 saturated heterocycles. The van der Waals surface area contributed by atoms with Crippen molar-refractivity contribution in [2.45, 2.75) is 6.92 Å². The Hall–Kier alpha value is -1.88. The lowest BCUT2D eigenvalue weighted by Crippen LogP contribution is -2.31. The largest absolute Gasteiger partial charge is 0.480 e. The Morgan fingerprint density at radius 3 is 2.53 bits per heavy atom. The summed E-state index contributed by atoms with van der Waals surface area (Å²) in [5, 5.41) is 8.38. The summed E-state index contributed by atoms with van der Waals surface area (Å²) in [6.45, 7) is 1.20. The van der Waals surface area contributed by atoms with Crippen LogP contribution < -0.4 is 4.90 Å². The number of carbonyl (C=O) groups is 2. The third-order valence-electron chi connectivity index (χ3n) is 2.30. The number of carboxylic acids is 1. The van der Waals surface area contributed by atoms with Crippen LogP contribution in [0.1, 0.15) is 5.56 Å². The molecule has 1 aromatic rings. The van der Waals surface area contributed by atoms with Crippen molar-refractivity contribution >= 4 is 17.6 Å². The average molecular weight is 237 g/mol. The first kappa shape index (κ1) is 13.2. The molecule has 1 amide bonds. The lowest BCUT2D eigenvalue weighted by molar-refractivity contribution is -0.143. The molecule has 5 heteroatoms. The second-order valence-electron chi connectivity index (χ2n) is 3.63. The minimum Gasteiger partial charge on any atom is -0.480 e. The van der Waals surface area contributed by atoms with Gasteiger partial charge in [-0.15, -0.1) is 0 Å². The van der Waals surface area contributed by atoms with Gasteiger partial charge in [-0.05, 0) is 18.6 Å². The van der Waals surface area contributed by atoms with Gasteiger partial charge in [0, 0.05) is 12.7 Å². The van der Waals surface area contributed by atoms with Crippen molar-refractivity contribution in [2.24, 2.45) is 0 Å². The quantitative estimate of drug-likeness (QED) is 0.831. The molecule has 5 nitrogen and oxygen atoms in total. The highest BCUT2D eigenvalue weighted by molar-refractivity contribution is 5.94. The van der Waals surface area contributed by atoms with Crippen molar-refractivity contribution in [1.82, 2.24) is 0 Å². The van der Waals surface area contributed by atoms with E-state index in [0.717, 1.165) is 11.3 Å². The van der Waals surface area contributed by atoms with Crippen molar-refractivity contribution in [3.8, 4) is 0 Å². The molecule has 0 fully saturated rings. The van der Waals surface area contributed by atoms with Gasteiger partial charge in [-0.1, -0.05) is 18.2 Å². The van der Waals surface area contributed by atoms with Crippen molar-refractivity contribution in [1.29, 1.82) is 0 Å². The van der Waals surface area contributed by atoms with Gasteiger partial charge in [0.15, 0.2) is 0 Å². The minimum absolute atomic E-state index is 0.239. The van der Waals surface area contributed by atoms with E-state index in [9.17, 15) is 9.59 Å². The second-order valence-corrected chi connectivity index (χ2v) is 3.63. The smallest absolute Gasteiger partial charge is 0.329 e. The number of hydrogen-bond acceptors (Lipinski definition) is 3. The van der Waals surface area contributed by atoms with Crippen LogP contribution in [0, 0.1) is 6.92 Å². The zero-order valence-electron chi connectivity index (χ0n) is 9.84. The predicted octanol–water partition coefficient (Wildman–Crippen LogP) is 1.06. The Bertz CT molecular complexity index is 417. The second kappa shape index (κ2) is 6.00. The summed E-state index contributed by atoms with van der Waals surface area (Å²) in [7, 11) is 1.63. The third-order valence-corrected chi connectivity index (χ3v) is 2.30. The molecule has 92 valence electrons. The molecule has 0 aromatic heterocycles. The molecule has 1 aromatic carbocycles. The maximum atomic E-state index is 11.7. The number of para-hydroxylation sites is 1. The van der Waals surface area contributed by atoms with Crippen LogP contribution in [0.15, 0.2) is 24.3 Å². The topological polar surface area (TPSA) is 66.8 Å². The lowest BCUT2D eigenvalue weighted by Gasteiger charge is -2.19. The Labute approximate surface area is 99.6 Å². The number of carbonyl (C=O) groups excluding carboxylic acids is 1. The number of aryl methyl sites for hydroxylation is 1. The van der Waals surface area contributed by atoms with Gasteiger partial charge in [-0.3, -0.25) is 4.79 Å². The molecule has 17 heavy (non-hydrogen) atoms. The summed E-state index contributed by atoms with van der Waals surface area (Å²) < 4.78 is 4.75. The van der Waals surface area contributed by atoms with E-state index >= 15 is 0 Å². The maximum absolute atomic E-state index is 11.7. The van der Waals surface area contributed by atoms with Crippen molar-refractivity contribution < 1.29 is 19.4 Å². The highest BCUT2D eigenvalue weighted by atomic mass is 16.5. The molecule has 0 aliphatic heterocycles. The molecule has 0 aliphatic rings. The van der Waals surface area contributed by atoms with E-state index in [0.29, 0.717) is 0 Å². The van der Waals surface area contributed by atoms with Crippen LogP contribution in [0.2, 0.25) is 0 Å². The molecule has 0 atom stereocenters. The van der Waals surface area contributed by atoms with Gasteiger partial charge < -0.3 is 14.7 Å². The van der Waals surface area contributed by atoms with Gasteiger partial charge in [0.05, 0.1) is 0 Å². The van der Waals surface area contributed by atoms with Gasteiger partial charge in [0.2, 0.25) is 0 Å². The van der Waals surface area contributed by atoms with E-state index in [2.05, 4.69) is 0 Å². The van der Waals surface area contributed by atoms with Crippen molar-refractivity contribution in [3.05, 3.63) is 29.8 Å². The lowest BCUT2D eigenvalue weighted by atomic mass is 10.2. The van der Waals surface area contributed by atoms with E-state index in [1.165, 1.54) is 4.90 Å². The number of nitrogens with zero attached hydrogens (tertiary/aromatic N) is 1. The Kier molecular flexibility index (Phi) is 4.66. The number of ether oxygens (including phenoxy) is 1. The highest BCUT2D eigenvalue weighted by Crippen LogP contribution is 2.17. The van der Waals surface area contributed by atoms with E-state index in [4.69, 9.17) is 9.84 Å². The van der Waals surface area contributed by atoms with Gasteiger partial charge in [-0.2, -0.15) is 0 Å². The number of aliphatic carboxylic acids is 1. The number of benzene rings is 1. The molecule has 0 saturated carbocycles. The molecule has 0 bridgehead atoms. The number of hydrogen-bond donors (Lipinski definition) is 1. The van der Waals surface area contributed by atoms with E-state index < -0.39 is 12.6 Å². The van der Waals surface area contributed by atoms with Crippen molar-refractivity contribution in [3.63, 3.8) is 0 Å². The van der Waals surface area contributed by atoms with Crippen LogP contribution in [0.3, 0.4) is 0 Å². The maximum Gasteiger partial charge on any atom is 0.329 e. The third kappa shape index (κ3) is 3.88. The number of amides is 1. The van der Waals surface area contributed by atoms with E-state index in [-0.39, 0.29) is 12.5 Å². The van der Waals surface area contributed by atoms with Crippen LogP contribution in [0.5, 0.6) is 0 Å². The molecule has 0 spiro atoms. The summed E-state index contributed by atoms with van der Waals surface area (Å²) >= 11 is 0. The zero-order chi connectivity index (χ0) is 12.8. The Balaban J connectivity index is 2.58. The standard InChI is InChI=1S/C12H15NO4/c1-9-5-3-4-6-10(9)13(2)11(14)7-17-8-12(15)16/h3-6H,7-8H2,1-2H3,(H,15,16). The van der Waals surface area contributed by atoms with E-state index in [1.54, 1.807) is 7.05 Å². The van der Waals surface area contributed by atoms with Gasteiger partial charge in [0.1, 0.15) is 13.2 Å². The molecule has 1 N–H and O–H groups in total. The monoisotopic (exact) mass is 237 g/mol. The summed E-state index contributed by atoms with van der Waals surface area (Å²) in [6.07, 6.45) is 0. The van der Waals surface area contributed by atoms with Crippen LogP contribution in [0.25, 0.3) is 0 Å². The van der Waals surface area contributed by atoms with Gasteiger partial charge in [0.25, 0.3) is 5.91 Å². The number of anilines is 1. The number of rotatable bonds is 5. The summed E-state index contributed by atoms with van der Waals surface area (Å²) in [5.74, 6) is -1.36. The Morgan fingerprint density at radius 1 is 1.29 bits per heavy atom. The molecule has 0 unspecified atom stereocenters. The predicted molar refractivity (Wildman–Crippen MR) is 63.0 cm³/mol. The first-order chi connectivity index (χ1) is 8.02. The van der Waals surface area contributed by atoms with E-state index in [1.807, 2.05) is 31.2 Å². The molecule has 0 heterocycles. The summed E-state index contributed by atoms with van der Waals surface area (Å²) in [4.78, 5) is 23.4. The number of carboxylic acid groups (broad SMARTS) is 1. The summed E-state index contributed by atoms with van der Waals surface area (Å²) in [5.41, 5.74) is 1.76. The van der Waals surface area contributed by atoms with Crippen molar-refractivity contribution in [2.75, 3.05) is 25.2 Å². The van der Waals surface area contributed by atoms with Crippen LogP contribution in [-0.4, -0.2) is 37.2 Å². The van der Waals surface area contributed by atoms with Gasteiger partial charge >= 0.3 is 5.97 Å². The Morgan fingerprint density at radius 2 is 1.94 bits per heavy atom. The summed E-state index contributed by atoms with van der Waals surface area (Å²) in [6, 6.07) is 7.45. The normalized spacial score (nSPS) is 10.0. The van der Waals surface area contributed by atoms with Crippen LogP contribution in [0.4, 0.5) is 5.69 Å². The highest BCUT2D eigenvalue weighted by Gasteiger charge is 2.13.